The van der Waals surface area contributed by atoms with Crippen molar-refractivity contribution in [3.8, 4) is 0 Å². The highest BCUT2D eigenvalue weighted by molar-refractivity contribution is 5.22. The molecule has 3 nitrogen and oxygen atoms in total. The molecule has 3 heteroatoms. The Hall–Kier alpha value is -0.900. The number of rotatable bonds is 5. The molecule has 2 rings (SSSR count). The molecule has 1 fully saturated rings. The van der Waals surface area contributed by atoms with Gasteiger partial charge in [0.2, 0.25) is 0 Å². The third-order valence-electron chi connectivity index (χ3n) is 3.63. The number of nitrogens with one attached hydrogen (secondary N) is 1. The normalized spacial score (nSPS) is 24.1. The van der Waals surface area contributed by atoms with Gasteiger partial charge in [-0.1, -0.05) is 24.3 Å². The smallest absolute Gasteiger partial charge is 0.0713 e. The fourth-order valence-corrected chi connectivity index (χ4v) is 2.46. The van der Waals surface area contributed by atoms with Gasteiger partial charge in [-0.25, -0.2) is 0 Å². The SMILES string of the molecule is COCc1ccc(CNC2CCC(O)CC2)cc1. The van der Waals surface area contributed by atoms with Gasteiger partial charge >= 0.3 is 0 Å². The minimum atomic E-state index is -0.0728. The van der Waals surface area contributed by atoms with E-state index in [0.29, 0.717) is 12.6 Å². The third kappa shape index (κ3) is 4.09. The van der Waals surface area contributed by atoms with E-state index in [4.69, 9.17) is 4.74 Å². The molecule has 1 saturated carbocycles. The Balaban J connectivity index is 1.76. The van der Waals surface area contributed by atoms with E-state index < -0.39 is 0 Å². The summed E-state index contributed by atoms with van der Waals surface area (Å²) >= 11 is 0. The van der Waals surface area contributed by atoms with Gasteiger partial charge in [0.05, 0.1) is 12.7 Å². The van der Waals surface area contributed by atoms with Crippen LogP contribution in [0.4, 0.5) is 0 Å². The maximum Gasteiger partial charge on any atom is 0.0713 e. The van der Waals surface area contributed by atoms with Crippen LogP contribution in [0.15, 0.2) is 24.3 Å². The van der Waals surface area contributed by atoms with Crippen LogP contribution in [0.2, 0.25) is 0 Å². The van der Waals surface area contributed by atoms with Gasteiger partial charge in [-0.05, 0) is 36.8 Å². The molecule has 1 aromatic carbocycles. The van der Waals surface area contributed by atoms with E-state index in [2.05, 4.69) is 29.6 Å². The van der Waals surface area contributed by atoms with Crippen molar-refractivity contribution in [3.05, 3.63) is 35.4 Å². The quantitative estimate of drug-likeness (QED) is 0.841. The number of benzene rings is 1. The van der Waals surface area contributed by atoms with Crippen molar-refractivity contribution in [2.24, 2.45) is 0 Å². The van der Waals surface area contributed by atoms with Gasteiger partial charge in [-0.2, -0.15) is 0 Å². The van der Waals surface area contributed by atoms with Gasteiger partial charge in [0.25, 0.3) is 0 Å². The fourth-order valence-electron chi connectivity index (χ4n) is 2.46. The van der Waals surface area contributed by atoms with Crippen molar-refractivity contribution in [2.45, 2.75) is 51.0 Å². The molecule has 0 spiro atoms. The number of ether oxygens (including phenoxy) is 1. The van der Waals surface area contributed by atoms with Crippen LogP contribution in [-0.4, -0.2) is 24.4 Å². The lowest BCUT2D eigenvalue weighted by molar-refractivity contribution is 0.116. The summed E-state index contributed by atoms with van der Waals surface area (Å²) in [5.74, 6) is 0. The minimum absolute atomic E-state index is 0.0728. The molecule has 0 radical (unpaired) electrons. The third-order valence-corrected chi connectivity index (χ3v) is 3.63. The van der Waals surface area contributed by atoms with Crippen molar-refractivity contribution >= 4 is 0 Å². The van der Waals surface area contributed by atoms with E-state index in [1.165, 1.54) is 11.1 Å². The van der Waals surface area contributed by atoms with Gasteiger partial charge in [0.1, 0.15) is 0 Å². The maximum absolute atomic E-state index is 9.45. The Morgan fingerprint density at radius 3 is 2.33 bits per heavy atom. The van der Waals surface area contributed by atoms with Gasteiger partial charge in [-0.15, -0.1) is 0 Å². The summed E-state index contributed by atoms with van der Waals surface area (Å²) in [6.07, 6.45) is 3.97. The number of aliphatic hydroxyl groups excluding tert-OH is 1. The van der Waals surface area contributed by atoms with Gasteiger partial charge < -0.3 is 15.2 Å². The van der Waals surface area contributed by atoms with E-state index in [9.17, 15) is 5.11 Å². The monoisotopic (exact) mass is 249 g/mol. The van der Waals surface area contributed by atoms with Crippen molar-refractivity contribution < 1.29 is 9.84 Å². The average Bonchev–Trinajstić information content (AvgIpc) is 2.40. The Morgan fingerprint density at radius 2 is 1.72 bits per heavy atom. The molecular formula is C15H23NO2. The lowest BCUT2D eigenvalue weighted by Gasteiger charge is -2.26. The van der Waals surface area contributed by atoms with Gasteiger partial charge in [0, 0.05) is 19.7 Å². The Morgan fingerprint density at radius 1 is 1.11 bits per heavy atom. The molecule has 0 aliphatic heterocycles. The average molecular weight is 249 g/mol. The second kappa shape index (κ2) is 6.88. The summed E-state index contributed by atoms with van der Waals surface area (Å²) in [5, 5.41) is 13.0. The molecule has 2 N–H and O–H groups in total. The first-order valence-corrected chi connectivity index (χ1v) is 6.76. The van der Waals surface area contributed by atoms with Crippen molar-refractivity contribution in [2.75, 3.05) is 7.11 Å². The Bertz CT molecular complexity index is 342. The summed E-state index contributed by atoms with van der Waals surface area (Å²) < 4.78 is 5.09. The predicted octanol–water partition coefficient (Wildman–Crippen LogP) is 2.23. The van der Waals surface area contributed by atoms with E-state index in [1.807, 2.05) is 0 Å². The molecule has 0 bridgehead atoms. The summed E-state index contributed by atoms with van der Waals surface area (Å²) in [5.41, 5.74) is 2.52. The zero-order valence-electron chi connectivity index (χ0n) is 11.1. The summed E-state index contributed by atoms with van der Waals surface area (Å²) in [6, 6.07) is 9.10. The molecule has 1 aliphatic carbocycles. The second-order valence-electron chi connectivity index (χ2n) is 5.14. The van der Waals surface area contributed by atoms with Crippen LogP contribution >= 0.6 is 0 Å². The molecule has 0 heterocycles. The fraction of sp³-hybridized carbons (Fsp3) is 0.600. The molecule has 18 heavy (non-hydrogen) atoms. The first-order valence-electron chi connectivity index (χ1n) is 6.76. The van der Waals surface area contributed by atoms with Crippen LogP contribution in [0.25, 0.3) is 0 Å². The minimum Gasteiger partial charge on any atom is -0.393 e. The number of hydrogen-bond acceptors (Lipinski definition) is 3. The van der Waals surface area contributed by atoms with E-state index in [1.54, 1.807) is 7.11 Å². The topological polar surface area (TPSA) is 41.5 Å². The molecule has 1 aromatic rings. The van der Waals surface area contributed by atoms with Crippen molar-refractivity contribution in [3.63, 3.8) is 0 Å². The molecule has 0 aromatic heterocycles. The summed E-state index contributed by atoms with van der Waals surface area (Å²) in [6.45, 7) is 1.59. The van der Waals surface area contributed by atoms with Crippen LogP contribution in [0.1, 0.15) is 36.8 Å². The number of hydrogen-bond donors (Lipinski definition) is 2. The Labute approximate surface area is 109 Å². The van der Waals surface area contributed by atoms with Crippen LogP contribution in [-0.2, 0) is 17.9 Å². The zero-order valence-corrected chi connectivity index (χ0v) is 11.1. The summed E-state index contributed by atoms with van der Waals surface area (Å²) in [7, 11) is 1.72. The van der Waals surface area contributed by atoms with Crippen LogP contribution in [0, 0.1) is 0 Å². The first-order chi connectivity index (χ1) is 8.78. The van der Waals surface area contributed by atoms with Crippen LogP contribution in [0.5, 0.6) is 0 Å². The Kier molecular flexibility index (Phi) is 5.17. The molecule has 100 valence electrons. The predicted molar refractivity (Wildman–Crippen MR) is 72.3 cm³/mol. The van der Waals surface area contributed by atoms with Crippen molar-refractivity contribution in [1.29, 1.82) is 0 Å². The van der Waals surface area contributed by atoms with E-state index >= 15 is 0 Å². The number of methoxy groups -OCH3 is 1. The highest BCUT2D eigenvalue weighted by atomic mass is 16.5. The maximum atomic E-state index is 9.45. The number of aliphatic hydroxyl groups is 1. The zero-order chi connectivity index (χ0) is 12.8. The lowest BCUT2D eigenvalue weighted by Crippen LogP contribution is -2.34. The largest absolute Gasteiger partial charge is 0.393 e. The lowest BCUT2D eigenvalue weighted by atomic mass is 9.93. The molecule has 0 atom stereocenters. The molecule has 1 aliphatic rings. The van der Waals surface area contributed by atoms with E-state index in [-0.39, 0.29) is 6.10 Å². The molecule has 0 saturated heterocycles. The van der Waals surface area contributed by atoms with Crippen LogP contribution < -0.4 is 5.32 Å². The molecule has 0 unspecified atom stereocenters. The highest BCUT2D eigenvalue weighted by Crippen LogP contribution is 2.18. The summed E-state index contributed by atoms with van der Waals surface area (Å²) in [4.78, 5) is 0. The first kappa shape index (κ1) is 13.5. The standard InChI is InChI=1S/C15H23NO2/c1-18-11-13-4-2-12(3-5-13)10-16-14-6-8-15(17)9-7-14/h2-5,14-17H,6-11H2,1H3. The molecular weight excluding hydrogens is 226 g/mol. The molecule has 0 amide bonds. The second-order valence-corrected chi connectivity index (χ2v) is 5.14. The van der Waals surface area contributed by atoms with Crippen LogP contribution in [0.3, 0.4) is 0 Å². The van der Waals surface area contributed by atoms with Crippen molar-refractivity contribution in [1.82, 2.24) is 5.32 Å². The van der Waals surface area contributed by atoms with E-state index in [0.717, 1.165) is 32.2 Å². The van der Waals surface area contributed by atoms with Gasteiger partial charge in [0.15, 0.2) is 0 Å². The highest BCUT2D eigenvalue weighted by Gasteiger charge is 2.18. The van der Waals surface area contributed by atoms with Gasteiger partial charge in [-0.3, -0.25) is 0 Å².